The van der Waals surface area contributed by atoms with Crippen LogP contribution in [0.2, 0.25) is 0 Å². The van der Waals surface area contributed by atoms with E-state index in [1.54, 1.807) is 13.4 Å². The topological polar surface area (TPSA) is 84.6 Å². The second-order valence-corrected chi connectivity index (χ2v) is 6.23. The molecule has 0 spiro atoms. The molecule has 0 amide bonds. The summed E-state index contributed by atoms with van der Waals surface area (Å²) in [4.78, 5) is 13.5. The summed E-state index contributed by atoms with van der Waals surface area (Å²) >= 11 is 0. The second kappa shape index (κ2) is 11.4. The van der Waals surface area contributed by atoms with Gasteiger partial charge in [0.15, 0.2) is 5.96 Å². The Bertz CT molecular complexity index is 925. The van der Waals surface area contributed by atoms with E-state index in [9.17, 15) is 0 Å². The van der Waals surface area contributed by atoms with Crippen molar-refractivity contribution in [3.05, 3.63) is 65.7 Å². The van der Waals surface area contributed by atoms with Crippen LogP contribution in [0.4, 0.5) is 0 Å². The van der Waals surface area contributed by atoms with Gasteiger partial charge >= 0.3 is 0 Å². The molecule has 2 heterocycles. The minimum absolute atomic E-state index is 0. The molecule has 7 nitrogen and oxygen atoms in total. The molecule has 3 rings (SSSR count). The molecule has 8 heteroatoms. The minimum atomic E-state index is 0. The lowest BCUT2D eigenvalue weighted by Crippen LogP contribution is -2.37. The zero-order chi connectivity index (χ0) is 19.8. The van der Waals surface area contributed by atoms with Gasteiger partial charge in [-0.2, -0.15) is 0 Å². The molecule has 2 N–H and O–H groups in total. The van der Waals surface area contributed by atoms with Gasteiger partial charge in [-0.15, -0.1) is 24.0 Å². The van der Waals surface area contributed by atoms with Gasteiger partial charge < -0.3 is 19.8 Å². The van der Waals surface area contributed by atoms with Crippen LogP contribution in [0.5, 0.6) is 5.88 Å². The molecule has 0 aliphatic rings. The lowest BCUT2D eigenvalue weighted by Gasteiger charge is -2.11. The predicted octanol–water partition coefficient (Wildman–Crippen LogP) is 3.93. The van der Waals surface area contributed by atoms with E-state index in [0.29, 0.717) is 30.8 Å². The van der Waals surface area contributed by atoms with E-state index >= 15 is 0 Å². The molecule has 0 atom stereocenters. The molecule has 0 fully saturated rings. The molecular formula is C21H26IN5O2. The summed E-state index contributed by atoms with van der Waals surface area (Å²) in [5, 5.41) is 6.48. The third-order valence-electron chi connectivity index (χ3n) is 4.02. The van der Waals surface area contributed by atoms with Crippen molar-refractivity contribution in [3.8, 4) is 17.3 Å². The Hall–Kier alpha value is -2.62. The number of guanidine groups is 1. The number of nitrogens with one attached hydrogen (secondary N) is 2. The fourth-order valence-electron chi connectivity index (χ4n) is 2.55. The number of aryl methyl sites for hydroxylation is 1. The number of halogens is 1. The SMILES string of the molecule is CCNC(=NCc1coc(-c2ccc(C)cc2)n1)NCc1cccc(OC)n1.I. The van der Waals surface area contributed by atoms with Crippen LogP contribution in [0.1, 0.15) is 23.9 Å². The maximum Gasteiger partial charge on any atom is 0.226 e. The first kappa shape index (κ1) is 22.7. The van der Waals surface area contributed by atoms with Gasteiger partial charge in [0.2, 0.25) is 11.8 Å². The summed E-state index contributed by atoms with van der Waals surface area (Å²) in [7, 11) is 1.61. The smallest absolute Gasteiger partial charge is 0.226 e. The Morgan fingerprint density at radius 1 is 1.07 bits per heavy atom. The third-order valence-corrected chi connectivity index (χ3v) is 4.02. The number of nitrogens with zero attached hydrogens (tertiary/aromatic N) is 3. The van der Waals surface area contributed by atoms with E-state index in [1.807, 2.05) is 49.4 Å². The number of methoxy groups -OCH3 is 1. The molecular weight excluding hydrogens is 481 g/mol. The Kier molecular flexibility index (Phi) is 8.91. The van der Waals surface area contributed by atoms with Crippen molar-refractivity contribution in [2.24, 2.45) is 4.99 Å². The van der Waals surface area contributed by atoms with Crippen molar-refractivity contribution in [1.29, 1.82) is 0 Å². The van der Waals surface area contributed by atoms with Crippen LogP contribution in [0.3, 0.4) is 0 Å². The molecule has 0 unspecified atom stereocenters. The Balaban J connectivity index is 0.00000300. The maximum atomic E-state index is 5.59. The summed E-state index contributed by atoms with van der Waals surface area (Å²) in [5.41, 5.74) is 3.79. The highest BCUT2D eigenvalue weighted by molar-refractivity contribution is 14.0. The van der Waals surface area contributed by atoms with Gasteiger partial charge in [0.25, 0.3) is 0 Å². The summed E-state index contributed by atoms with van der Waals surface area (Å²) in [6, 6.07) is 13.7. The van der Waals surface area contributed by atoms with Crippen LogP contribution in [-0.4, -0.2) is 29.6 Å². The van der Waals surface area contributed by atoms with Crippen LogP contribution < -0.4 is 15.4 Å². The molecule has 29 heavy (non-hydrogen) atoms. The first-order chi connectivity index (χ1) is 13.7. The van der Waals surface area contributed by atoms with Gasteiger partial charge in [0.1, 0.15) is 12.0 Å². The first-order valence-corrected chi connectivity index (χ1v) is 9.21. The molecule has 0 saturated heterocycles. The van der Waals surface area contributed by atoms with Gasteiger partial charge in [-0.25, -0.2) is 15.0 Å². The van der Waals surface area contributed by atoms with Crippen LogP contribution >= 0.6 is 24.0 Å². The van der Waals surface area contributed by atoms with Crippen molar-refractivity contribution < 1.29 is 9.15 Å². The van der Waals surface area contributed by atoms with Gasteiger partial charge in [-0.1, -0.05) is 23.8 Å². The lowest BCUT2D eigenvalue weighted by atomic mass is 10.1. The minimum Gasteiger partial charge on any atom is -0.481 e. The van der Waals surface area contributed by atoms with Gasteiger partial charge in [-0.3, -0.25) is 0 Å². The fraction of sp³-hybridized carbons (Fsp3) is 0.286. The highest BCUT2D eigenvalue weighted by Gasteiger charge is 2.07. The van der Waals surface area contributed by atoms with Gasteiger partial charge in [0.05, 0.1) is 25.9 Å². The molecule has 0 saturated carbocycles. The van der Waals surface area contributed by atoms with Crippen molar-refractivity contribution in [2.45, 2.75) is 26.9 Å². The lowest BCUT2D eigenvalue weighted by molar-refractivity contribution is 0.396. The normalized spacial score (nSPS) is 10.9. The number of hydrogen-bond donors (Lipinski definition) is 2. The average Bonchev–Trinajstić information content (AvgIpc) is 3.20. The number of aliphatic imine (C=N–C) groups is 1. The molecule has 3 aromatic rings. The maximum absolute atomic E-state index is 5.59. The monoisotopic (exact) mass is 507 g/mol. The number of rotatable bonds is 7. The van der Waals surface area contributed by atoms with Crippen molar-refractivity contribution >= 4 is 29.9 Å². The Morgan fingerprint density at radius 3 is 2.59 bits per heavy atom. The third kappa shape index (κ3) is 6.74. The van der Waals surface area contributed by atoms with Gasteiger partial charge in [0, 0.05) is 18.2 Å². The Morgan fingerprint density at radius 2 is 1.86 bits per heavy atom. The van der Waals surface area contributed by atoms with E-state index < -0.39 is 0 Å². The second-order valence-electron chi connectivity index (χ2n) is 6.23. The summed E-state index contributed by atoms with van der Waals surface area (Å²) in [5.74, 6) is 1.88. The van der Waals surface area contributed by atoms with Crippen LogP contribution in [0.15, 0.2) is 58.1 Å². The predicted molar refractivity (Wildman–Crippen MR) is 125 cm³/mol. The van der Waals surface area contributed by atoms with E-state index in [0.717, 1.165) is 23.5 Å². The standard InChI is InChI=1S/C21H25N5O2.HI/c1-4-22-21(23-12-17-6-5-7-19(25-17)27-3)24-13-18-14-28-20(26-18)16-10-8-15(2)9-11-16;/h5-11,14H,4,12-13H2,1-3H3,(H2,22,23,24);1H. The highest BCUT2D eigenvalue weighted by Crippen LogP contribution is 2.19. The summed E-state index contributed by atoms with van der Waals surface area (Å²) in [6.07, 6.45) is 1.64. The zero-order valence-corrected chi connectivity index (χ0v) is 19.1. The fourth-order valence-corrected chi connectivity index (χ4v) is 2.55. The summed E-state index contributed by atoms with van der Waals surface area (Å²) in [6.45, 7) is 5.78. The molecule has 154 valence electrons. The summed E-state index contributed by atoms with van der Waals surface area (Å²) < 4.78 is 10.7. The first-order valence-electron chi connectivity index (χ1n) is 9.21. The number of oxazole rings is 1. The van der Waals surface area contributed by atoms with Crippen LogP contribution in [0.25, 0.3) is 11.5 Å². The number of ether oxygens (including phenoxy) is 1. The number of benzene rings is 1. The molecule has 0 aliphatic carbocycles. The largest absolute Gasteiger partial charge is 0.481 e. The van der Waals surface area contributed by atoms with Crippen molar-refractivity contribution in [1.82, 2.24) is 20.6 Å². The van der Waals surface area contributed by atoms with Crippen LogP contribution in [0, 0.1) is 6.92 Å². The van der Waals surface area contributed by atoms with Crippen molar-refractivity contribution in [3.63, 3.8) is 0 Å². The van der Waals surface area contributed by atoms with Crippen LogP contribution in [-0.2, 0) is 13.1 Å². The molecule has 0 bridgehead atoms. The molecule has 1 aromatic carbocycles. The van der Waals surface area contributed by atoms with E-state index in [1.165, 1.54) is 5.56 Å². The van der Waals surface area contributed by atoms with E-state index in [2.05, 4.69) is 32.5 Å². The average molecular weight is 507 g/mol. The number of aromatic nitrogens is 2. The van der Waals surface area contributed by atoms with Gasteiger partial charge in [-0.05, 0) is 32.0 Å². The quantitative estimate of drug-likeness (QED) is 0.287. The molecule has 0 aliphatic heterocycles. The van der Waals surface area contributed by atoms with Crippen molar-refractivity contribution in [2.75, 3.05) is 13.7 Å². The number of pyridine rings is 1. The highest BCUT2D eigenvalue weighted by atomic mass is 127. The number of hydrogen-bond acceptors (Lipinski definition) is 5. The zero-order valence-electron chi connectivity index (χ0n) is 16.8. The Labute approximate surface area is 188 Å². The molecule has 2 aromatic heterocycles. The van der Waals surface area contributed by atoms with E-state index in [4.69, 9.17) is 9.15 Å². The van der Waals surface area contributed by atoms with E-state index in [-0.39, 0.29) is 24.0 Å². The molecule has 0 radical (unpaired) electrons.